The highest BCUT2D eigenvalue weighted by Crippen LogP contribution is 2.45. The van der Waals surface area contributed by atoms with Gasteiger partial charge in [0.05, 0.1) is 17.5 Å². The molecule has 2 fully saturated rings. The maximum Gasteiger partial charge on any atom is 0.337 e. The van der Waals surface area contributed by atoms with Gasteiger partial charge in [-0.25, -0.2) is 19.7 Å². The van der Waals surface area contributed by atoms with Crippen molar-refractivity contribution in [2.75, 3.05) is 18.0 Å². The SMILES string of the molecule is Cc1nc(N2CC3CC3C2)ccc1Cn1cc(C(=O)O)c2cncnc21. The Balaban J connectivity index is 1.46. The Labute approximate surface area is 150 Å². The number of carboxylic acids is 1. The average Bonchev–Trinajstić information content (AvgIpc) is 3.08. The number of nitrogens with zero attached hydrogens (tertiary/aromatic N) is 5. The topological polar surface area (TPSA) is 84.1 Å². The summed E-state index contributed by atoms with van der Waals surface area (Å²) in [6.45, 7) is 4.79. The van der Waals surface area contributed by atoms with Gasteiger partial charge < -0.3 is 14.6 Å². The van der Waals surface area contributed by atoms with Gasteiger partial charge in [0.1, 0.15) is 17.8 Å². The molecule has 0 radical (unpaired) electrons. The van der Waals surface area contributed by atoms with E-state index < -0.39 is 5.97 Å². The molecule has 7 nitrogen and oxygen atoms in total. The summed E-state index contributed by atoms with van der Waals surface area (Å²) in [6.07, 6.45) is 6.00. The predicted molar refractivity (Wildman–Crippen MR) is 96.4 cm³/mol. The van der Waals surface area contributed by atoms with Crippen LogP contribution in [-0.2, 0) is 6.54 Å². The van der Waals surface area contributed by atoms with E-state index in [4.69, 9.17) is 4.98 Å². The van der Waals surface area contributed by atoms with Crippen LogP contribution in [0.15, 0.2) is 30.9 Å². The number of aryl methyl sites for hydroxylation is 1. The van der Waals surface area contributed by atoms with Crippen LogP contribution in [0.4, 0.5) is 5.82 Å². The van der Waals surface area contributed by atoms with Gasteiger partial charge in [-0.2, -0.15) is 0 Å². The summed E-state index contributed by atoms with van der Waals surface area (Å²) in [6, 6.07) is 4.17. The molecule has 0 aromatic carbocycles. The molecule has 0 amide bonds. The van der Waals surface area contributed by atoms with E-state index in [9.17, 15) is 9.90 Å². The fraction of sp³-hybridized carbons (Fsp3) is 0.368. The minimum Gasteiger partial charge on any atom is -0.478 e. The summed E-state index contributed by atoms with van der Waals surface area (Å²) >= 11 is 0. The summed E-state index contributed by atoms with van der Waals surface area (Å²) < 4.78 is 1.86. The van der Waals surface area contributed by atoms with Crippen molar-refractivity contribution in [1.82, 2.24) is 19.5 Å². The maximum atomic E-state index is 11.5. The Kier molecular flexibility index (Phi) is 3.25. The highest BCUT2D eigenvalue weighted by Gasteiger charge is 2.45. The lowest BCUT2D eigenvalue weighted by Crippen LogP contribution is -2.23. The number of aromatic nitrogens is 4. The first kappa shape index (κ1) is 15.3. The van der Waals surface area contributed by atoms with Gasteiger partial charge in [-0.05, 0) is 36.8 Å². The summed E-state index contributed by atoms with van der Waals surface area (Å²) in [5.41, 5.74) is 2.88. The zero-order valence-electron chi connectivity index (χ0n) is 14.5. The number of fused-ring (bicyclic) bond motifs is 2. The summed E-state index contributed by atoms with van der Waals surface area (Å²) in [5.74, 6) is 1.82. The van der Waals surface area contributed by atoms with E-state index in [2.05, 4.69) is 27.0 Å². The number of aromatic carboxylic acids is 1. The van der Waals surface area contributed by atoms with Crippen molar-refractivity contribution in [2.24, 2.45) is 11.8 Å². The highest BCUT2D eigenvalue weighted by atomic mass is 16.4. The molecule has 26 heavy (non-hydrogen) atoms. The molecule has 2 atom stereocenters. The van der Waals surface area contributed by atoms with E-state index >= 15 is 0 Å². The lowest BCUT2D eigenvalue weighted by Gasteiger charge is -2.20. The first-order chi connectivity index (χ1) is 12.6. The Morgan fingerprint density at radius 3 is 2.85 bits per heavy atom. The van der Waals surface area contributed by atoms with Crippen LogP contribution in [0.25, 0.3) is 11.0 Å². The van der Waals surface area contributed by atoms with E-state index in [-0.39, 0.29) is 5.56 Å². The Morgan fingerprint density at radius 2 is 2.12 bits per heavy atom. The monoisotopic (exact) mass is 349 g/mol. The number of anilines is 1. The van der Waals surface area contributed by atoms with Crippen LogP contribution in [0.5, 0.6) is 0 Å². The average molecular weight is 349 g/mol. The maximum absolute atomic E-state index is 11.5. The van der Waals surface area contributed by atoms with Gasteiger partial charge in [-0.1, -0.05) is 6.07 Å². The Morgan fingerprint density at radius 1 is 1.31 bits per heavy atom. The lowest BCUT2D eigenvalue weighted by atomic mass is 10.2. The molecular formula is C19H19N5O2. The third-order valence-electron chi connectivity index (χ3n) is 5.59. The molecule has 132 valence electrons. The first-order valence-corrected chi connectivity index (χ1v) is 8.84. The molecule has 0 bridgehead atoms. The normalized spacial score (nSPS) is 21.2. The molecule has 2 unspecified atom stereocenters. The molecule has 5 rings (SSSR count). The summed E-state index contributed by atoms with van der Waals surface area (Å²) in [4.78, 5) is 26.9. The van der Waals surface area contributed by atoms with Crippen molar-refractivity contribution < 1.29 is 9.90 Å². The highest BCUT2D eigenvalue weighted by molar-refractivity contribution is 6.02. The largest absolute Gasteiger partial charge is 0.478 e. The van der Waals surface area contributed by atoms with Crippen LogP contribution >= 0.6 is 0 Å². The van der Waals surface area contributed by atoms with Crippen LogP contribution < -0.4 is 4.90 Å². The number of piperidine rings is 1. The number of rotatable bonds is 4. The zero-order valence-corrected chi connectivity index (χ0v) is 14.5. The Hall–Kier alpha value is -2.96. The van der Waals surface area contributed by atoms with Crippen LogP contribution in [0.3, 0.4) is 0 Å². The van der Waals surface area contributed by atoms with E-state index in [1.807, 2.05) is 11.5 Å². The molecular weight excluding hydrogens is 330 g/mol. The summed E-state index contributed by atoms with van der Waals surface area (Å²) in [7, 11) is 0. The van der Waals surface area contributed by atoms with Crippen LogP contribution in [-0.4, -0.2) is 43.7 Å². The van der Waals surface area contributed by atoms with Gasteiger partial charge in [0, 0.05) is 31.2 Å². The smallest absolute Gasteiger partial charge is 0.337 e. The van der Waals surface area contributed by atoms with Crippen LogP contribution in [0.2, 0.25) is 0 Å². The molecule has 3 aromatic rings. The molecule has 1 saturated carbocycles. The van der Waals surface area contributed by atoms with Crippen molar-refractivity contribution in [2.45, 2.75) is 19.9 Å². The fourth-order valence-electron chi connectivity index (χ4n) is 4.01. The van der Waals surface area contributed by atoms with Crippen molar-refractivity contribution in [1.29, 1.82) is 0 Å². The molecule has 4 heterocycles. The van der Waals surface area contributed by atoms with Crippen LogP contribution in [0, 0.1) is 18.8 Å². The quantitative estimate of drug-likeness (QED) is 0.778. The second-order valence-electron chi connectivity index (χ2n) is 7.31. The molecule has 2 aliphatic rings. The second-order valence-corrected chi connectivity index (χ2v) is 7.31. The van der Waals surface area contributed by atoms with E-state index in [0.717, 1.165) is 42.0 Å². The number of hydrogen-bond acceptors (Lipinski definition) is 5. The van der Waals surface area contributed by atoms with Crippen molar-refractivity contribution >= 4 is 22.8 Å². The molecule has 7 heteroatoms. The van der Waals surface area contributed by atoms with E-state index in [1.54, 1.807) is 12.4 Å². The number of hydrogen-bond donors (Lipinski definition) is 1. The van der Waals surface area contributed by atoms with Gasteiger partial charge in [0.2, 0.25) is 0 Å². The molecule has 1 N–H and O–H groups in total. The summed E-state index contributed by atoms with van der Waals surface area (Å²) in [5, 5.41) is 9.97. The molecule has 3 aromatic heterocycles. The number of pyridine rings is 1. The molecule has 1 aliphatic carbocycles. The van der Waals surface area contributed by atoms with Gasteiger partial charge in [0.25, 0.3) is 0 Å². The zero-order chi connectivity index (χ0) is 17.8. The van der Waals surface area contributed by atoms with Gasteiger partial charge in [-0.15, -0.1) is 0 Å². The van der Waals surface area contributed by atoms with Crippen LogP contribution in [0.1, 0.15) is 28.0 Å². The van der Waals surface area contributed by atoms with Gasteiger partial charge in [0.15, 0.2) is 0 Å². The predicted octanol–water partition coefficient (Wildman–Crippen LogP) is 2.34. The third-order valence-corrected chi connectivity index (χ3v) is 5.59. The van der Waals surface area contributed by atoms with E-state index in [0.29, 0.717) is 17.6 Å². The Bertz CT molecular complexity index is 1020. The lowest BCUT2D eigenvalue weighted by molar-refractivity contribution is 0.0698. The molecule has 0 spiro atoms. The standard InChI is InChI=1S/C19H19N5O2/c1-11-12(2-3-17(22-11)23-7-13-4-14(13)8-23)6-24-9-16(19(25)26)15-5-20-10-21-18(15)24/h2-3,5,9-10,13-14H,4,6-8H2,1H3,(H,25,26). The van der Waals surface area contributed by atoms with Crippen molar-refractivity contribution in [3.63, 3.8) is 0 Å². The van der Waals surface area contributed by atoms with Gasteiger partial charge >= 0.3 is 5.97 Å². The molecule has 1 saturated heterocycles. The minimum absolute atomic E-state index is 0.221. The van der Waals surface area contributed by atoms with Crippen molar-refractivity contribution in [3.05, 3.63) is 47.7 Å². The van der Waals surface area contributed by atoms with Gasteiger partial charge in [-0.3, -0.25) is 0 Å². The first-order valence-electron chi connectivity index (χ1n) is 8.84. The fourth-order valence-corrected chi connectivity index (χ4v) is 4.01. The van der Waals surface area contributed by atoms with E-state index in [1.165, 1.54) is 12.7 Å². The third kappa shape index (κ3) is 2.42. The van der Waals surface area contributed by atoms with Crippen molar-refractivity contribution in [3.8, 4) is 0 Å². The molecule has 1 aliphatic heterocycles. The number of carboxylic acid groups (broad SMARTS) is 1. The number of carbonyl (C=O) groups is 1. The minimum atomic E-state index is -0.971. The second kappa shape index (κ2) is 5.52.